The molecule has 2 heterocycles. The van der Waals surface area contributed by atoms with Crippen LogP contribution in [0.25, 0.3) is 11.3 Å². The highest BCUT2D eigenvalue weighted by Gasteiger charge is 2.35. The van der Waals surface area contributed by atoms with Crippen molar-refractivity contribution in [3.63, 3.8) is 0 Å². The number of hydrogen-bond donors (Lipinski definition) is 1. The minimum atomic E-state index is -4.55. The van der Waals surface area contributed by atoms with Crippen LogP contribution in [-0.2, 0) is 22.2 Å². The second-order valence-electron chi connectivity index (χ2n) is 7.09. The molecule has 1 fully saturated rings. The van der Waals surface area contributed by atoms with E-state index >= 15 is 0 Å². The van der Waals surface area contributed by atoms with Crippen molar-refractivity contribution in [1.29, 1.82) is 0 Å². The van der Waals surface area contributed by atoms with Crippen molar-refractivity contribution in [3.8, 4) is 11.3 Å². The molecule has 2 aromatic rings. The fraction of sp³-hybridized carbons (Fsp3) is 0.421. The number of benzene rings is 1. The van der Waals surface area contributed by atoms with E-state index in [0.29, 0.717) is 5.69 Å². The predicted molar refractivity (Wildman–Crippen MR) is 96.5 cm³/mol. The van der Waals surface area contributed by atoms with Gasteiger partial charge in [0.05, 0.1) is 30.0 Å². The molecule has 3 rings (SSSR count). The standard InChI is InChI=1S/C19H19ClF3NO4/c1-10-13(17(25)26)7-16(24(10)8-12-9-27-18(2,3)28-12)14-6-11(19(21,22)23)4-5-15(14)20/h4-7,12H,8-9H2,1-3H3,(H,25,26). The molecule has 1 saturated heterocycles. The minimum absolute atomic E-state index is 0.0124. The van der Waals surface area contributed by atoms with Crippen molar-refractivity contribution in [2.45, 2.75) is 45.4 Å². The average molecular weight is 418 g/mol. The average Bonchev–Trinajstić information content (AvgIpc) is 3.07. The normalized spacial score (nSPS) is 19.2. The Balaban J connectivity index is 2.11. The monoisotopic (exact) mass is 417 g/mol. The molecule has 1 atom stereocenters. The van der Waals surface area contributed by atoms with Crippen LogP contribution in [0.3, 0.4) is 0 Å². The maximum absolute atomic E-state index is 13.2. The third-order valence-electron chi connectivity index (χ3n) is 4.62. The Morgan fingerprint density at radius 3 is 2.57 bits per heavy atom. The van der Waals surface area contributed by atoms with Crippen LogP contribution in [0.15, 0.2) is 24.3 Å². The first-order chi connectivity index (χ1) is 12.9. The van der Waals surface area contributed by atoms with Crippen LogP contribution in [0.5, 0.6) is 0 Å². The van der Waals surface area contributed by atoms with E-state index in [2.05, 4.69) is 0 Å². The summed E-state index contributed by atoms with van der Waals surface area (Å²) in [5.74, 6) is -1.96. The van der Waals surface area contributed by atoms with E-state index in [1.807, 2.05) is 0 Å². The van der Waals surface area contributed by atoms with Gasteiger partial charge in [-0.3, -0.25) is 0 Å². The summed E-state index contributed by atoms with van der Waals surface area (Å²) < 4.78 is 52.4. The molecular formula is C19H19ClF3NO4. The van der Waals surface area contributed by atoms with Crippen LogP contribution in [0, 0.1) is 6.92 Å². The smallest absolute Gasteiger partial charge is 0.416 e. The number of carboxylic acids is 1. The summed E-state index contributed by atoms with van der Waals surface area (Å²) >= 11 is 6.17. The molecule has 0 amide bonds. The highest BCUT2D eigenvalue weighted by molar-refractivity contribution is 6.33. The number of carboxylic acid groups (broad SMARTS) is 1. The molecule has 0 spiro atoms. The number of nitrogens with zero attached hydrogens (tertiary/aromatic N) is 1. The van der Waals surface area contributed by atoms with Crippen LogP contribution in [0.1, 0.15) is 35.5 Å². The van der Waals surface area contributed by atoms with E-state index < -0.39 is 23.5 Å². The predicted octanol–water partition coefficient (Wildman–Crippen LogP) is 4.99. The lowest BCUT2D eigenvalue weighted by molar-refractivity contribution is -0.139. The molecule has 1 aromatic carbocycles. The van der Waals surface area contributed by atoms with E-state index in [1.54, 1.807) is 25.3 Å². The van der Waals surface area contributed by atoms with Crippen molar-refractivity contribution in [2.24, 2.45) is 0 Å². The van der Waals surface area contributed by atoms with Gasteiger partial charge < -0.3 is 19.1 Å². The van der Waals surface area contributed by atoms with Gasteiger partial charge in [0.25, 0.3) is 0 Å². The van der Waals surface area contributed by atoms with Gasteiger partial charge in [0, 0.05) is 16.3 Å². The Morgan fingerprint density at radius 1 is 1.36 bits per heavy atom. The fourth-order valence-corrected chi connectivity index (χ4v) is 3.49. The molecular weight excluding hydrogens is 399 g/mol. The number of aromatic nitrogens is 1. The second-order valence-corrected chi connectivity index (χ2v) is 7.49. The van der Waals surface area contributed by atoms with Crippen molar-refractivity contribution >= 4 is 17.6 Å². The first-order valence-electron chi connectivity index (χ1n) is 8.51. The van der Waals surface area contributed by atoms with Crippen LogP contribution in [-0.4, -0.2) is 34.1 Å². The summed E-state index contributed by atoms with van der Waals surface area (Å²) in [7, 11) is 0. The van der Waals surface area contributed by atoms with Crippen molar-refractivity contribution in [3.05, 3.63) is 46.1 Å². The van der Waals surface area contributed by atoms with Gasteiger partial charge in [-0.05, 0) is 45.0 Å². The Morgan fingerprint density at radius 2 is 2.04 bits per heavy atom. The molecule has 28 heavy (non-hydrogen) atoms. The third kappa shape index (κ3) is 4.04. The van der Waals surface area contributed by atoms with E-state index in [1.165, 1.54) is 6.07 Å². The quantitative estimate of drug-likeness (QED) is 0.761. The zero-order valence-electron chi connectivity index (χ0n) is 15.4. The maximum atomic E-state index is 13.2. The van der Waals surface area contributed by atoms with Crippen LogP contribution < -0.4 is 0 Å². The molecule has 0 bridgehead atoms. The van der Waals surface area contributed by atoms with Gasteiger partial charge in [0.15, 0.2) is 5.79 Å². The van der Waals surface area contributed by atoms with E-state index in [0.717, 1.165) is 18.2 Å². The van der Waals surface area contributed by atoms with E-state index in [9.17, 15) is 23.1 Å². The Hall–Kier alpha value is -2.03. The summed E-state index contributed by atoms with van der Waals surface area (Å²) in [5.41, 5.74) is -0.105. The molecule has 1 unspecified atom stereocenters. The molecule has 5 nitrogen and oxygen atoms in total. The van der Waals surface area contributed by atoms with Gasteiger partial charge in [-0.2, -0.15) is 13.2 Å². The highest BCUT2D eigenvalue weighted by Crippen LogP contribution is 2.38. The largest absolute Gasteiger partial charge is 0.478 e. The highest BCUT2D eigenvalue weighted by atomic mass is 35.5. The van der Waals surface area contributed by atoms with Crippen LogP contribution >= 0.6 is 11.6 Å². The van der Waals surface area contributed by atoms with Crippen molar-refractivity contribution in [1.82, 2.24) is 4.57 Å². The van der Waals surface area contributed by atoms with Gasteiger partial charge in [0.2, 0.25) is 0 Å². The second kappa shape index (κ2) is 7.09. The first kappa shape index (κ1) is 20.7. The van der Waals surface area contributed by atoms with Crippen LogP contribution in [0.4, 0.5) is 13.2 Å². The first-order valence-corrected chi connectivity index (χ1v) is 8.89. The van der Waals surface area contributed by atoms with Gasteiger partial charge in [-0.15, -0.1) is 0 Å². The Labute approximate surface area is 164 Å². The number of alkyl halides is 3. The summed E-state index contributed by atoms with van der Waals surface area (Å²) in [5, 5.41) is 9.56. The summed E-state index contributed by atoms with van der Waals surface area (Å²) in [4.78, 5) is 11.6. The molecule has 152 valence electrons. The van der Waals surface area contributed by atoms with Crippen molar-refractivity contribution in [2.75, 3.05) is 6.61 Å². The molecule has 0 saturated carbocycles. The molecule has 1 N–H and O–H groups in total. The fourth-order valence-electron chi connectivity index (χ4n) is 3.27. The lowest BCUT2D eigenvalue weighted by Gasteiger charge is -2.20. The van der Waals surface area contributed by atoms with E-state index in [4.69, 9.17) is 21.1 Å². The molecule has 9 heteroatoms. The maximum Gasteiger partial charge on any atom is 0.416 e. The number of carbonyl (C=O) groups is 1. The number of ether oxygens (including phenoxy) is 2. The van der Waals surface area contributed by atoms with Gasteiger partial charge in [-0.1, -0.05) is 11.6 Å². The third-order valence-corrected chi connectivity index (χ3v) is 4.95. The van der Waals surface area contributed by atoms with Gasteiger partial charge in [-0.25, -0.2) is 4.79 Å². The molecule has 1 aromatic heterocycles. The van der Waals surface area contributed by atoms with E-state index in [-0.39, 0.29) is 41.1 Å². The number of hydrogen-bond acceptors (Lipinski definition) is 3. The number of halogens is 4. The summed E-state index contributed by atoms with van der Waals surface area (Å²) in [6.45, 7) is 5.59. The van der Waals surface area contributed by atoms with Gasteiger partial charge in [0.1, 0.15) is 6.10 Å². The topological polar surface area (TPSA) is 60.7 Å². The zero-order chi connectivity index (χ0) is 20.9. The summed E-state index contributed by atoms with van der Waals surface area (Å²) in [6.07, 6.45) is -4.93. The molecule has 0 radical (unpaired) electrons. The molecule has 1 aliphatic heterocycles. The SMILES string of the molecule is Cc1c(C(=O)O)cc(-c2cc(C(F)(F)F)ccc2Cl)n1CC1COC(C)(C)O1. The van der Waals surface area contributed by atoms with Crippen LogP contribution in [0.2, 0.25) is 5.02 Å². The van der Waals surface area contributed by atoms with Crippen molar-refractivity contribution < 1.29 is 32.5 Å². The molecule has 1 aliphatic rings. The summed E-state index contributed by atoms with van der Waals surface area (Å²) in [6, 6.07) is 4.31. The lowest BCUT2D eigenvalue weighted by Crippen LogP contribution is -2.24. The zero-order valence-corrected chi connectivity index (χ0v) is 16.2. The molecule has 0 aliphatic carbocycles. The Kier molecular flexibility index (Phi) is 5.24. The lowest BCUT2D eigenvalue weighted by atomic mass is 10.1. The Bertz CT molecular complexity index is 921. The number of aromatic carboxylic acids is 1. The van der Waals surface area contributed by atoms with Gasteiger partial charge >= 0.3 is 12.1 Å². The number of rotatable bonds is 4. The minimum Gasteiger partial charge on any atom is -0.478 e.